The second kappa shape index (κ2) is 8.06. The fraction of sp³-hybridized carbons (Fsp3) is 0.0909. The largest absolute Gasteiger partial charge is 0.322 e. The Hall–Kier alpha value is -3.11. The Kier molecular flexibility index (Phi) is 5.57. The van der Waals surface area contributed by atoms with Crippen molar-refractivity contribution in [2.75, 3.05) is 10.6 Å². The number of carbonyl (C=O) groups is 2. The molecule has 136 valence electrons. The third-order valence-electron chi connectivity index (χ3n) is 4.16. The molecule has 0 aliphatic carbocycles. The molecule has 0 radical (unpaired) electrons. The summed E-state index contributed by atoms with van der Waals surface area (Å²) < 4.78 is 0. The van der Waals surface area contributed by atoms with Gasteiger partial charge in [0.15, 0.2) is 0 Å². The molecule has 0 spiro atoms. The molecule has 0 aliphatic rings. The number of anilines is 2. The minimum Gasteiger partial charge on any atom is -0.322 e. The van der Waals surface area contributed by atoms with Gasteiger partial charge in [0.05, 0.1) is 10.6 Å². The number of amides is 2. The van der Waals surface area contributed by atoms with Gasteiger partial charge >= 0.3 is 0 Å². The van der Waals surface area contributed by atoms with Gasteiger partial charge in [-0.1, -0.05) is 41.4 Å². The summed E-state index contributed by atoms with van der Waals surface area (Å²) in [5, 5.41) is 6.11. The van der Waals surface area contributed by atoms with Gasteiger partial charge in [-0.15, -0.1) is 0 Å². The van der Waals surface area contributed by atoms with E-state index in [0.717, 1.165) is 11.1 Å². The van der Waals surface area contributed by atoms with Crippen LogP contribution in [0.15, 0.2) is 66.7 Å². The summed E-state index contributed by atoms with van der Waals surface area (Å²) in [6, 6.07) is 19.6. The molecule has 0 unspecified atom stereocenters. The number of hydrogen-bond donors (Lipinski definition) is 2. The predicted octanol–water partition coefficient (Wildman–Crippen LogP) is 5.46. The second-order valence-electron chi connectivity index (χ2n) is 6.28. The minimum atomic E-state index is -0.278. The molecular weight excluding hydrogens is 360 g/mol. The van der Waals surface area contributed by atoms with Crippen LogP contribution >= 0.6 is 11.6 Å². The van der Waals surface area contributed by atoms with Crippen LogP contribution in [-0.4, -0.2) is 11.8 Å². The van der Waals surface area contributed by atoms with Crippen LogP contribution in [-0.2, 0) is 0 Å². The highest BCUT2D eigenvalue weighted by Crippen LogP contribution is 2.22. The summed E-state index contributed by atoms with van der Waals surface area (Å²) in [4.78, 5) is 24.7. The van der Waals surface area contributed by atoms with E-state index in [1.807, 2.05) is 32.0 Å². The molecule has 27 heavy (non-hydrogen) atoms. The summed E-state index contributed by atoms with van der Waals surface area (Å²) in [5.74, 6) is -0.456. The first-order valence-corrected chi connectivity index (χ1v) is 8.86. The predicted molar refractivity (Wildman–Crippen MR) is 110 cm³/mol. The molecule has 0 atom stereocenters. The van der Waals surface area contributed by atoms with Gasteiger partial charge in [-0.05, 0) is 61.9 Å². The van der Waals surface area contributed by atoms with Crippen LogP contribution in [0.4, 0.5) is 11.4 Å². The smallest absolute Gasteiger partial charge is 0.257 e. The topological polar surface area (TPSA) is 58.2 Å². The maximum Gasteiger partial charge on any atom is 0.257 e. The van der Waals surface area contributed by atoms with E-state index in [-0.39, 0.29) is 11.8 Å². The fourth-order valence-electron chi connectivity index (χ4n) is 2.62. The third kappa shape index (κ3) is 4.54. The molecule has 0 saturated heterocycles. The van der Waals surface area contributed by atoms with Crippen LogP contribution in [0.1, 0.15) is 31.8 Å². The number of rotatable bonds is 4. The second-order valence-corrected chi connectivity index (χ2v) is 6.69. The van der Waals surface area contributed by atoms with E-state index < -0.39 is 0 Å². The molecule has 0 saturated carbocycles. The number of nitrogens with one attached hydrogen (secondary N) is 2. The molecule has 3 aromatic carbocycles. The first-order valence-electron chi connectivity index (χ1n) is 8.48. The van der Waals surface area contributed by atoms with Crippen molar-refractivity contribution in [3.63, 3.8) is 0 Å². The van der Waals surface area contributed by atoms with Gasteiger partial charge in [0.1, 0.15) is 0 Å². The molecule has 0 bridgehead atoms. The normalized spacial score (nSPS) is 10.3. The molecule has 2 N–H and O–H groups in total. The lowest BCUT2D eigenvalue weighted by molar-refractivity contribution is 0.101. The van der Waals surface area contributed by atoms with E-state index in [4.69, 9.17) is 11.6 Å². The molecule has 0 heterocycles. The van der Waals surface area contributed by atoms with Crippen molar-refractivity contribution in [3.8, 4) is 0 Å². The zero-order valence-electron chi connectivity index (χ0n) is 15.0. The first kappa shape index (κ1) is 18.7. The molecule has 3 aromatic rings. The van der Waals surface area contributed by atoms with Gasteiger partial charge in [0.2, 0.25) is 0 Å². The molecule has 0 aliphatic heterocycles. The Balaban J connectivity index is 1.72. The van der Waals surface area contributed by atoms with Crippen molar-refractivity contribution < 1.29 is 9.59 Å². The van der Waals surface area contributed by atoms with E-state index >= 15 is 0 Å². The number of aryl methyl sites for hydroxylation is 2. The van der Waals surface area contributed by atoms with Gasteiger partial charge in [0, 0.05) is 16.9 Å². The number of benzene rings is 3. The van der Waals surface area contributed by atoms with Crippen LogP contribution in [0, 0.1) is 13.8 Å². The number of carbonyl (C=O) groups excluding carboxylic acids is 2. The van der Waals surface area contributed by atoms with Gasteiger partial charge in [-0.25, -0.2) is 0 Å². The Labute approximate surface area is 163 Å². The van der Waals surface area contributed by atoms with E-state index in [2.05, 4.69) is 10.6 Å². The molecule has 4 nitrogen and oxygen atoms in total. The van der Waals surface area contributed by atoms with Crippen LogP contribution in [0.25, 0.3) is 0 Å². The van der Waals surface area contributed by atoms with Crippen LogP contribution in [0.5, 0.6) is 0 Å². The van der Waals surface area contributed by atoms with E-state index in [1.165, 1.54) is 0 Å². The van der Waals surface area contributed by atoms with Crippen molar-refractivity contribution in [2.24, 2.45) is 0 Å². The summed E-state index contributed by atoms with van der Waals surface area (Å²) in [7, 11) is 0. The quantitative estimate of drug-likeness (QED) is 0.633. The summed E-state index contributed by atoms with van der Waals surface area (Å²) in [5.41, 5.74) is 4.25. The SMILES string of the molecule is Cc1ccc(C(=O)Nc2ccc(NC(=O)c3ccccc3Cl)c(C)c2)cc1. The molecule has 2 amide bonds. The number of hydrogen-bond acceptors (Lipinski definition) is 2. The van der Waals surface area contributed by atoms with E-state index in [9.17, 15) is 9.59 Å². The van der Waals surface area contributed by atoms with Crippen molar-refractivity contribution >= 4 is 34.8 Å². The highest BCUT2D eigenvalue weighted by Gasteiger charge is 2.12. The lowest BCUT2D eigenvalue weighted by Gasteiger charge is -2.12. The summed E-state index contributed by atoms with van der Waals surface area (Å²) in [6.45, 7) is 3.84. The maximum atomic E-state index is 12.4. The maximum absolute atomic E-state index is 12.4. The molecule has 5 heteroatoms. The Morgan fingerprint density at radius 3 is 2.19 bits per heavy atom. The lowest BCUT2D eigenvalue weighted by atomic mass is 10.1. The first-order chi connectivity index (χ1) is 12.9. The van der Waals surface area contributed by atoms with E-state index in [0.29, 0.717) is 27.5 Å². The van der Waals surface area contributed by atoms with Crippen molar-refractivity contribution in [1.82, 2.24) is 0 Å². The van der Waals surface area contributed by atoms with Crippen LogP contribution in [0.3, 0.4) is 0 Å². The number of halogens is 1. The Morgan fingerprint density at radius 2 is 1.52 bits per heavy atom. The summed E-state index contributed by atoms with van der Waals surface area (Å²) >= 11 is 6.07. The molecule has 0 fully saturated rings. The van der Waals surface area contributed by atoms with Crippen molar-refractivity contribution in [1.29, 1.82) is 0 Å². The fourth-order valence-corrected chi connectivity index (χ4v) is 2.85. The Bertz CT molecular complexity index is 997. The zero-order valence-corrected chi connectivity index (χ0v) is 15.8. The van der Waals surface area contributed by atoms with Gasteiger partial charge in [0.25, 0.3) is 11.8 Å². The van der Waals surface area contributed by atoms with Gasteiger partial charge in [-0.3, -0.25) is 9.59 Å². The molecular formula is C22H19ClN2O2. The van der Waals surface area contributed by atoms with Crippen molar-refractivity contribution in [3.05, 3.63) is 94.0 Å². The highest BCUT2D eigenvalue weighted by molar-refractivity contribution is 6.34. The summed E-state index contributed by atoms with van der Waals surface area (Å²) in [6.07, 6.45) is 0. The van der Waals surface area contributed by atoms with E-state index in [1.54, 1.807) is 48.5 Å². The van der Waals surface area contributed by atoms with Crippen molar-refractivity contribution in [2.45, 2.75) is 13.8 Å². The highest BCUT2D eigenvalue weighted by atomic mass is 35.5. The third-order valence-corrected chi connectivity index (χ3v) is 4.49. The minimum absolute atomic E-state index is 0.178. The van der Waals surface area contributed by atoms with Crippen LogP contribution < -0.4 is 10.6 Å². The van der Waals surface area contributed by atoms with Gasteiger partial charge in [-0.2, -0.15) is 0 Å². The lowest BCUT2D eigenvalue weighted by Crippen LogP contribution is -2.14. The standard InChI is InChI=1S/C22H19ClN2O2/c1-14-7-9-16(10-8-14)21(26)24-17-11-12-20(15(2)13-17)25-22(27)18-5-3-4-6-19(18)23/h3-13H,1-2H3,(H,24,26)(H,25,27). The van der Waals surface area contributed by atoms with Crippen LogP contribution in [0.2, 0.25) is 5.02 Å². The molecule has 0 aromatic heterocycles. The average Bonchev–Trinajstić information content (AvgIpc) is 2.64. The average molecular weight is 379 g/mol. The van der Waals surface area contributed by atoms with Gasteiger partial charge < -0.3 is 10.6 Å². The monoisotopic (exact) mass is 378 g/mol. The Morgan fingerprint density at radius 1 is 0.815 bits per heavy atom. The zero-order chi connectivity index (χ0) is 19.4. The molecule has 3 rings (SSSR count).